The third-order valence-electron chi connectivity index (χ3n) is 5.64. The van der Waals surface area contributed by atoms with Gasteiger partial charge >= 0.3 is 0 Å². The number of ether oxygens (including phenoxy) is 2. The van der Waals surface area contributed by atoms with E-state index in [2.05, 4.69) is 11.4 Å². The number of aryl methyl sites for hydroxylation is 1. The molecule has 0 saturated carbocycles. The molecule has 0 aliphatic rings. The van der Waals surface area contributed by atoms with Gasteiger partial charge < -0.3 is 14.8 Å². The van der Waals surface area contributed by atoms with Crippen molar-refractivity contribution in [3.63, 3.8) is 0 Å². The lowest BCUT2D eigenvalue weighted by Crippen LogP contribution is -2.14. The van der Waals surface area contributed by atoms with Crippen molar-refractivity contribution in [1.29, 1.82) is 5.26 Å². The quantitative estimate of drug-likeness (QED) is 0.252. The van der Waals surface area contributed by atoms with Crippen LogP contribution in [0.5, 0.6) is 11.5 Å². The summed E-state index contributed by atoms with van der Waals surface area (Å²) in [6, 6.07) is 27.1. The van der Waals surface area contributed by atoms with Crippen molar-refractivity contribution in [2.75, 3.05) is 24.8 Å². The van der Waals surface area contributed by atoms with Gasteiger partial charge in [-0.1, -0.05) is 53.7 Å². The molecule has 1 heterocycles. The molecule has 3 aromatic carbocycles. The zero-order chi connectivity index (χ0) is 26.2. The highest BCUT2D eigenvalue weighted by molar-refractivity contribution is 8.00. The number of pyridine rings is 1. The molecular weight excluding hydrogens is 482 g/mol. The molecule has 1 amide bonds. The van der Waals surface area contributed by atoms with E-state index >= 15 is 0 Å². The van der Waals surface area contributed by atoms with Crippen LogP contribution in [0.15, 0.2) is 83.9 Å². The molecular formula is C30H27N3O3S. The van der Waals surface area contributed by atoms with Crippen LogP contribution >= 0.6 is 11.8 Å². The number of hydrogen-bond donors (Lipinski definition) is 1. The Bertz CT molecular complexity index is 1410. The molecule has 0 atom stereocenters. The summed E-state index contributed by atoms with van der Waals surface area (Å²) in [5.41, 5.74) is 5.55. The van der Waals surface area contributed by atoms with E-state index in [-0.39, 0.29) is 11.7 Å². The van der Waals surface area contributed by atoms with Crippen molar-refractivity contribution in [3.05, 3.63) is 90.0 Å². The third-order valence-corrected chi connectivity index (χ3v) is 6.61. The van der Waals surface area contributed by atoms with Gasteiger partial charge in [-0.3, -0.25) is 4.79 Å². The molecule has 0 unspecified atom stereocenters. The van der Waals surface area contributed by atoms with Gasteiger partial charge in [0.05, 0.1) is 30.7 Å². The first-order valence-electron chi connectivity index (χ1n) is 11.8. The second-order valence-electron chi connectivity index (χ2n) is 8.24. The molecule has 6 nitrogen and oxygen atoms in total. The molecule has 4 aromatic rings. The molecule has 4 rings (SSSR count). The molecule has 186 valence electrons. The number of nitrogens with zero attached hydrogens (tertiary/aromatic N) is 2. The maximum atomic E-state index is 12.7. The fourth-order valence-corrected chi connectivity index (χ4v) is 4.54. The van der Waals surface area contributed by atoms with Gasteiger partial charge in [0.2, 0.25) is 5.91 Å². The number of nitriles is 1. The molecule has 0 spiro atoms. The molecule has 0 saturated heterocycles. The van der Waals surface area contributed by atoms with Gasteiger partial charge in [0, 0.05) is 16.8 Å². The van der Waals surface area contributed by atoms with Crippen molar-refractivity contribution >= 4 is 23.4 Å². The van der Waals surface area contributed by atoms with Crippen molar-refractivity contribution in [1.82, 2.24) is 4.98 Å². The highest BCUT2D eigenvalue weighted by atomic mass is 32.2. The van der Waals surface area contributed by atoms with Crippen molar-refractivity contribution in [2.45, 2.75) is 18.9 Å². The van der Waals surface area contributed by atoms with E-state index in [1.165, 1.54) is 11.8 Å². The highest BCUT2D eigenvalue weighted by Gasteiger charge is 2.17. The summed E-state index contributed by atoms with van der Waals surface area (Å²) < 4.78 is 10.7. The number of anilines is 1. The highest BCUT2D eigenvalue weighted by Crippen LogP contribution is 2.35. The SMILES string of the molecule is CCOc1ccc(NC(=O)CSc2nc(-c3ccc(C)cc3)cc(-c3ccc(OC)cc3)c2C#N)cc1. The van der Waals surface area contributed by atoms with Crippen LogP contribution in [-0.4, -0.2) is 30.4 Å². The van der Waals surface area contributed by atoms with E-state index in [4.69, 9.17) is 14.5 Å². The van der Waals surface area contributed by atoms with Gasteiger partial charge in [-0.05, 0) is 61.9 Å². The molecule has 0 aliphatic carbocycles. The summed E-state index contributed by atoms with van der Waals surface area (Å²) in [5.74, 6) is 1.40. The van der Waals surface area contributed by atoms with Gasteiger partial charge in [0.25, 0.3) is 0 Å². The van der Waals surface area contributed by atoms with E-state index in [9.17, 15) is 10.1 Å². The lowest BCUT2D eigenvalue weighted by Gasteiger charge is -2.13. The van der Waals surface area contributed by atoms with Crippen LogP contribution in [0.1, 0.15) is 18.1 Å². The van der Waals surface area contributed by atoms with Gasteiger partial charge in [-0.25, -0.2) is 4.98 Å². The van der Waals surface area contributed by atoms with E-state index in [0.717, 1.165) is 39.4 Å². The van der Waals surface area contributed by atoms with E-state index in [0.29, 0.717) is 22.9 Å². The smallest absolute Gasteiger partial charge is 0.234 e. The minimum atomic E-state index is -0.188. The van der Waals surface area contributed by atoms with Crippen molar-refractivity contribution in [3.8, 4) is 40.0 Å². The Hall–Kier alpha value is -4.28. The summed E-state index contributed by atoms with van der Waals surface area (Å²) in [6.45, 7) is 4.53. The summed E-state index contributed by atoms with van der Waals surface area (Å²) >= 11 is 1.24. The topological polar surface area (TPSA) is 84.2 Å². The number of amides is 1. The molecule has 0 fully saturated rings. The largest absolute Gasteiger partial charge is 0.497 e. The first-order valence-corrected chi connectivity index (χ1v) is 12.8. The molecule has 7 heteroatoms. The molecule has 0 radical (unpaired) electrons. The van der Waals surface area contributed by atoms with Gasteiger partial charge in [0.1, 0.15) is 22.6 Å². The van der Waals surface area contributed by atoms with Crippen LogP contribution in [0.2, 0.25) is 0 Å². The van der Waals surface area contributed by atoms with Crippen LogP contribution in [0.25, 0.3) is 22.4 Å². The molecule has 1 N–H and O–H groups in total. The van der Waals surface area contributed by atoms with Crippen molar-refractivity contribution in [2.24, 2.45) is 0 Å². The minimum Gasteiger partial charge on any atom is -0.497 e. The average molecular weight is 510 g/mol. The number of carbonyl (C=O) groups excluding carboxylic acids is 1. The monoisotopic (exact) mass is 509 g/mol. The number of methoxy groups -OCH3 is 1. The van der Waals surface area contributed by atoms with Gasteiger partial charge in [-0.15, -0.1) is 0 Å². The number of benzene rings is 3. The number of nitrogens with one attached hydrogen (secondary N) is 1. The number of aromatic nitrogens is 1. The second kappa shape index (κ2) is 12.1. The summed E-state index contributed by atoms with van der Waals surface area (Å²) in [5, 5.41) is 13.5. The number of rotatable bonds is 9. The Balaban J connectivity index is 1.63. The Kier molecular flexibility index (Phi) is 8.44. The number of hydrogen-bond acceptors (Lipinski definition) is 6. The average Bonchev–Trinajstić information content (AvgIpc) is 2.93. The van der Waals surface area contributed by atoms with Gasteiger partial charge in [0.15, 0.2) is 0 Å². The zero-order valence-corrected chi connectivity index (χ0v) is 21.8. The second-order valence-corrected chi connectivity index (χ2v) is 9.20. The first-order chi connectivity index (χ1) is 18.0. The Morgan fingerprint density at radius 3 is 2.24 bits per heavy atom. The molecule has 1 aromatic heterocycles. The Labute approximate surface area is 221 Å². The minimum absolute atomic E-state index is 0.105. The maximum Gasteiger partial charge on any atom is 0.234 e. The van der Waals surface area contributed by atoms with E-state index < -0.39 is 0 Å². The van der Waals surface area contributed by atoms with Crippen LogP contribution in [0.3, 0.4) is 0 Å². The van der Waals surface area contributed by atoms with Gasteiger partial charge in [-0.2, -0.15) is 5.26 Å². The standard InChI is InChI=1S/C30H27N3O3S/c1-4-36-25-15-11-23(12-16-25)32-29(34)19-37-30-27(18-31)26(21-9-13-24(35-3)14-10-21)17-28(33-30)22-7-5-20(2)6-8-22/h5-17H,4,19H2,1-3H3,(H,32,34). The molecule has 37 heavy (non-hydrogen) atoms. The Morgan fingerprint density at radius 1 is 0.973 bits per heavy atom. The lowest BCUT2D eigenvalue weighted by atomic mass is 9.99. The lowest BCUT2D eigenvalue weighted by molar-refractivity contribution is -0.113. The van der Waals surface area contributed by atoms with Crippen LogP contribution < -0.4 is 14.8 Å². The van der Waals surface area contributed by atoms with Crippen LogP contribution in [0.4, 0.5) is 5.69 Å². The Morgan fingerprint density at radius 2 is 1.62 bits per heavy atom. The fraction of sp³-hybridized carbons (Fsp3) is 0.167. The zero-order valence-electron chi connectivity index (χ0n) is 20.9. The summed E-state index contributed by atoms with van der Waals surface area (Å²) in [4.78, 5) is 17.5. The molecule has 0 bridgehead atoms. The molecule has 0 aliphatic heterocycles. The summed E-state index contributed by atoms with van der Waals surface area (Å²) in [6.07, 6.45) is 0. The van der Waals surface area contributed by atoms with Crippen LogP contribution in [0, 0.1) is 18.3 Å². The van der Waals surface area contributed by atoms with E-state index in [1.807, 2.05) is 80.6 Å². The third kappa shape index (κ3) is 6.49. The number of carbonyl (C=O) groups is 1. The fourth-order valence-electron chi connectivity index (χ4n) is 3.74. The predicted molar refractivity (Wildman–Crippen MR) is 148 cm³/mol. The summed E-state index contributed by atoms with van der Waals surface area (Å²) in [7, 11) is 1.62. The van der Waals surface area contributed by atoms with Crippen molar-refractivity contribution < 1.29 is 14.3 Å². The predicted octanol–water partition coefficient (Wildman–Crippen LogP) is 6.73. The normalized spacial score (nSPS) is 10.4. The van der Waals surface area contributed by atoms with Crippen LogP contribution in [-0.2, 0) is 4.79 Å². The number of thioether (sulfide) groups is 1. The maximum absolute atomic E-state index is 12.7. The first kappa shape index (κ1) is 25.8. The van der Waals surface area contributed by atoms with E-state index in [1.54, 1.807) is 19.2 Å².